The zero-order valence-corrected chi connectivity index (χ0v) is 9.66. The van der Waals surface area contributed by atoms with Crippen molar-refractivity contribution < 1.29 is 9.90 Å². The summed E-state index contributed by atoms with van der Waals surface area (Å²) < 4.78 is 3.31. The summed E-state index contributed by atoms with van der Waals surface area (Å²) in [4.78, 5) is 15.0. The van der Waals surface area contributed by atoms with Gasteiger partial charge in [-0.3, -0.25) is 4.68 Å². The van der Waals surface area contributed by atoms with Crippen molar-refractivity contribution in [3.05, 3.63) is 29.6 Å². The van der Waals surface area contributed by atoms with E-state index in [9.17, 15) is 4.79 Å². The molecular formula is C10H13N5O2. The lowest BCUT2D eigenvalue weighted by atomic mass is 10.3. The summed E-state index contributed by atoms with van der Waals surface area (Å²) in [6, 6.07) is 0. The highest BCUT2D eigenvalue weighted by Gasteiger charge is 2.13. The molecule has 0 saturated carbocycles. The molecule has 0 bridgehead atoms. The summed E-state index contributed by atoms with van der Waals surface area (Å²) in [6.45, 7) is 4.78. The molecule has 0 aromatic carbocycles. The number of aromatic nitrogens is 5. The lowest BCUT2D eigenvalue weighted by molar-refractivity contribution is 0.0696. The molecule has 0 aliphatic rings. The molecule has 0 unspecified atom stereocenters. The first-order valence-corrected chi connectivity index (χ1v) is 5.25. The quantitative estimate of drug-likeness (QED) is 0.836. The predicted octanol–water partition coefficient (Wildman–Crippen LogP) is 0.549. The molecule has 0 radical (unpaired) electrons. The highest BCUT2D eigenvalue weighted by Crippen LogP contribution is 2.07. The van der Waals surface area contributed by atoms with Gasteiger partial charge in [0.15, 0.2) is 0 Å². The number of aromatic carboxylic acids is 1. The average molecular weight is 235 g/mol. The second kappa shape index (κ2) is 4.36. The Morgan fingerprint density at radius 1 is 1.53 bits per heavy atom. The highest BCUT2D eigenvalue weighted by molar-refractivity contribution is 5.88. The monoisotopic (exact) mass is 235 g/mol. The second-order valence-corrected chi connectivity index (χ2v) is 3.62. The molecule has 2 rings (SSSR count). The van der Waals surface area contributed by atoms with Crippen LogP contribution in [-0.2, 0) is 13.1 Å². The van der Waals surface area contributed by atoms with Crippen molar-refractivity contribution in [3.8, 4) is 0 Å². The van der Waals surface area contributed by atoms with Gasteiger partial charge in [-0.25, -0.2) is 14.5 Å². The van der Waals surface area contributed by atoms with Gasteiger partial charge in [0, 0.05) is 12.7 Å². The number of carbonyl (C=O) groups is 1. The minimum Gasteiger partial charge on any atom is -0.478 e. The third-order valence-electron chi connectivity index (χ3n) is 2.48. The van der Waals surface area contributed by atoms with E-state index in [1.165, 1.54) is 12.5 Å². The van der Waals surface area contributed by atoms with Crippen LogP contribution in [-0.4, -0.2) is 35.6 Å². The third kappa shape index (κ3) is 2.17. The molecule has 0 amide bonds. The van der Waals surface area contributed by atoms with Crippen molar-refractivity contribution in [3.63, 3.8) is 0 Å². The normalized spacial score (nSPS) is 10.7. The van der Waals surface area contributed by atoms with Crippen molar-refractivity contribution >= 4 is 5.97 Å². The number of carboxylic acid groups (broad SMARTS) is 1. The Kier molecular flexibility index (Phi) is 2.90. The van der Waals surface area contributed by atoms with Gasteiger partial charge in [0.2, 0.25) is 0 Å². The van der Waals surface area contributed by atoms with Crippen LogP contribution in [0.4, 0.5) is 0 Å². The standard InChI is InChI=1S/C10H13N5O2/c1-3-15-9(11-6-12-15)5-14-4-8(10(16)17)7(2)13-14/h4,6H,3,5H2,1-2H3,(H,16,17). The summed E-state index contributed by atoms with van der Waals surface area (Å²) in [6.07, 6.45) is 2.99. The SMILES string of the molecule is CCn1ncnc1Cn1cc(C(=O)O)c(C)n1. The summed E-state index contributed by atoms with van der Waals surface area (Å²) in [7, 11) is 0. The molecule has 0 atom stereocenters. The number of carboxylic acids is 1. The van der Waals surface area contributed by atoms with Gasteiger partial charge >= 0.3 is 5.97 Å². The molecule has 0 aliphatic carbocycles. The van der Waals surface area contributed by atoms with Crippen LogP contribution < -0.4 is 0 Å². The molecule has 0 saturated heterocycles. The molecule has 0 aliphatic heterocycles. The Morgan fingerprint density at radius 2 is 2.29 bits per heavy atom. The van der Waals surface area contributed by atoms with Crippen LogP contribution in [0.2, 0.25) is 0 Å². The first-order chi connectivity index (χ1) is 8.11. The summed E-state index contributed by atoms with van der Waals surface area (Å²) >= 11 is 0. The second-order valence-electron chi connectivity index (χ2n) is 3.62. The molecule has 7 heteroatoms. The zero-order chi connectivity index (χ0) is 12.4. The summed E-state index contributed by atoms with van der Waals surface area (Å²) in [5.74, 6) is -0.211. The number of rotatable bonds is 4. The smallest absolute Gasteiger partial charge is 0.339 e. The lowest BCUT2D eigenvalue weighted by Gasteiger charge is -2.02. The molecule has 90 valence electrons. The van der Waals surface area contributed by atoms with Crippen LogP contribution in [0.1, 0.15) is 28.8 Å². The number of aryl methyl sites for hydroxylation is 2. The van der Waals surface area contributed by atoms with Gasteiger partial charge < -0.3 is 5.11 Å². The van der Waals surface area contributed by atoms with Crippen molar-refractivity contribution in [2.45, 2.75) is 26.9 Å². The van der Waals surface area contributed by atoms with E-state index in [1.807, 2.05) is 6.92 Å². The van der Waals surface area contributed by atoms with Crippen LogP contribution in [0.3, 0.4) is 0 Å². The van der Waals surface area contributed by atoms with Crippen molar-refractivity contribution in [2.75, 3.05) is 0 Å². The Labute approximate surface area is 97.7 Å². The number of nitrogens with zero attached hydrogens (tertiary/aromatic N) is 5. The van der Waals surface area contributed by atoms with E-state index in [0.717, 1.165) is 12.4 Å². The van der Waals surface area contributed by atoms with E-state index in [2.05, 4.69) is 15.2 Å². The predicted molar refractivity (Wildman–Crippen MR) is 58.7 cm³/mol. The fourth-order valence-corrected chi connectivity index (χ4v) is 1.63. The van der Waals surface area contributed by atoms with Gasteiger partial charge in [0.1, 0.15) is 24.3 Å². The summed E-state index contributed by atoms with van der Waals surface area (Å²) in [5, 5.41) is 17.1. The molecule has 2 heterocycles. The van der Waals surface area contributed by atoms with E-state index in [0.29, 0.717) is 12.2 Å². The maximum absolute atomic E-state index is 10.9. The van der Waals surface area contributed by atoms with Gasteiger partial charge in [-0.1, -0.05) is 0 Å². The van der Waals surface area contributed by atoms with Gasteiger partial charge in [-0.2, -0.15) is 10.2 Å². The average Bonchev–Trinajstić information content (AvgIpc) is 2.85. The van der Waals surface area contributed by atoms with Crippen LogP contribution in [0.5, 0.6) is 0 Å². The van der Waals surface area contributed by atoms with Gasteiger partial charge in [0.25, 0.3) is 0 Å². The largest absolute Gasteiger partial charge is 0.478 e. The topological polar surface area (TPSA) is 85.8 Å². The van der Waals surface area contributed by atoms with Gasteiger partial charge in [0.05, 0.1) is 5.69 Å². The lowest BCUT2D eigenvalue weighted by Crippen LogP contribution is -2.09. The van der Waals surface area contributed by atoms with E-state index >= 15 is 0 Å². The zero-order valence-electron chi connectivity index (χ0n) is 9.66. The van der Waals surface area contributed by atoms with Crippen LogP contribution in [0.15, 0.2) is 12.5 Å². The molecule has 0 fully saturated rings. The minimum absolute atomic E-state index is 0.215. The highest BCUT2D eigenvalue weighted by atomic mass is 16.4. The molecule has 2 aromatic rings. The van der Waals surface area contributed by atoms with Gasteiger partial charge in [-0.15, -0.1) is 0 Å². The van der Waals surface area contributed by atoms with Crippen molar-refractivity contribution in [2.24, 2.45) is 0 Å². The summed E-state index contributed by atoms with van der Waals surface area (Å²) in [5.41, 5.74) is 0.715. The third-order valence-corrected chi connectivity index (χ3v) is 2.48. The fraction of sp³-hybridized carbons (Fsp3) is 0.400. The molecule has 17 heavy (non-hydrogen) atoms. The fourth-order valence-electron chi connectivity index (χ4n) is 1.63. The number of hydrogen-bond acceptors (Lipinski definition) is 4. The maximum Gasteiger partial charge on any atom is 0.339 e. The van der Waals surface area contributed by atoms with E-state index < -0.39 is 5.97 Å². The molecule has 2 aromatic heterocycles. The Bertz CT molecular complexity index is 543. The first-order valence-electron chi connectivity index (χ1n) is 5.25. The Balaban J connectivity index is 2.25. The van der Waals surface area contributed by atoms with Crippen molar-refractivity contribution in [1.82, 2.24) is 24.5 Å². The van der Waals surface area contributed by atoms with Crippen molar-refractivity contribution in [1.29, 1.82) is 0 Å². The Hall–Kier alpha value is -2.18. The molecule has 0 spiro atoms. The first kappa shape index (κ1) is 11.3. The Morgan fingerprint density at radius 3 is 2.88 bits per heavy atom. The van der Waals surface area contributed by atoms with Crippen LogP contribution in [0.25, 0.3) is 0 Å². The van der Waals surface area contributed by atoms with Gasteiger partial charge in [-0.05, 0) is 13.8 Å². The van der Waals surface area contributed by atoms with E-state index in [-0.39, 0.29) is 5.56 Å². The van der Waals surface area contributed by atoms with Crippen LogP contribution >= 0.6 is 0 Å². The molecule has 7 nitrogen and oxygen atoms in total. The number of hydrogen-bond donors (Lipinski definition) is 1. The maximum atomic E-state index is 10.9. The van der Waals surface area contributed by atoms with Crippen LogP contribution in [0, 0.1) is 6.92 Å². The van der Waals surface area contributed by atoms with E-state index in [4.69, 9.17) is 5.11 Å². The van der Waals surface area contributed by atoms with E-state index in [1.54, 1.807) is 16.3 Å². The minimum atomic E-state index is -0.967. The molecular weight excluding hydrogens is 222 g/mol. The molecule has 1 N–H and O–H groups in total.